The molecule has 1 aliphatic heterocycles. The predicted molar refractivity (Wildman–Crippen MR) is 82.1 cm³/mol. The minimum atomic E-state index is 0.992. The van der Waals surface area contributed by atoms with Gasteiger partial charge in [-0.3, -0.25) is 0 Å². The number of hydrogen-bond acceptors (Lipinski definition) is 1. The molecule has 0 aromatic heterocycles. The lowest BCUT2D eigenvalue weighted by atomic mass is 9.94. The molecule has 18 heavy (non-hydrogen) atoms. The second kappa shape index (κ2) is 10.8. The van der Waals surface area contributed by atoms with Gasteiger partial charge in [0.1, 0.15) is 0 Å². The molecule has 1 heteroatoms. The topological polar surface area (TPSA) is 3.24 Å². The van der Waals surface area contributed by atoms with Crippen LogP contribution in [0.4, 0.5) is 0 Å². The number of hydrogen-bond donors (Lipinski definition) is 0. The van der Waals surface area contributed by atoms with E-state index < -0.39 is 0 Å². The van der Waals surface area contributed by atoms with Crippen molar-refractivity contribution < 1.29 is 0 Å². The van der Waals surface area contributed by atoms with Crippen LogP contribution in [0.2, 0.25) is 0 Å². The molecule has 1 atom stereocenters. The third-order valence-electron chi connectivity index (χ3n) is 4.40. The Hall–Kier alpha value is -0.0400. The van der Waals surface area contributed by atoms with Crippen molar-refractivity contribution in [3.05, 3.63) is 0 Å². The molecule has 0 spiro atoms. The Morgan fingerprint density at radius 2 is 1.33 bits per heavy atom. The van der Waals surface area contributed by atoms with Crippen molar-refractivity contribution >= 4 is 0 Å². The van der Waals surface area contributed by atoms with Crippen molar-refractivity contribution in [3.63, 3.8) is 0 Å². The maximum atomic E-state index is 2.72. The van der Waals surface area contributed by atoms with Crippen molar-refractivity contribution in [2.24, 2.45) is 5.92 Å². The number of unbranched alkanes of at least 4 members (excludes halogenated alkanes) is 5. The molecule has 1 unspecified atom stereocenters. The first-order valence-corrected chi connectivity index (χ1v) is 8.59. The molecule has 1 aliphatic rings. The SMILES string of the molecule is CCCCCCC(CCCCC)CN1CCCC1. The second-order valence-corrected chi connectivity index (χ2v) is 6.22. The van der Waals surface area contributed by atoms with Crippen LogP contribution in [0, 0.1) is 5.92 Å². The molecule has 1 fully saturated rings. The van der Waals surface area contributed by atoms with E-state index in [1.807, 2.05) is 0 Å². The number of rotatable bonds is 11. The molecule has 0 N–H and O–H groups in total. The van der Waals surface area contributed by atoms with E-state index in [-0.39, 0.29) is 0 Å². The van der Waals surface area contributed by atoms with Gasteiger partial charge in [-0.1, -0.05) is 58.8 Å². The van der Waals surface area contributed by atoms with Crippen molar-refractivity contribution in [1.29, 1.82) is 0 Å². The molecule has 0 radical (unpaired) electrons. The molecular weight excluding hydrogens is 218 g/mol. The average Bonchev–Trinajstić information content (AvgIpc) is 2.87. The largest absolute Gasteiger partial charge is 0.303 e. The minimum absolute atomic E-state index is 0.992. The Bertz CT molecular complexity index is 172. The summed E-state index contributed by atoms with van der Waals surface area (Å²) < 4.78 is 0. The van der Waals surface area contributed by atoms with E-state index in [0.717, 1.165) is 5.92 Å². The Morgan fingerprint density at radius 1 is 0.778 bits per heavy atom. The van der Waals surface area contributed by atoms with Gasteiger partial charge in [0, 0.05) is 6.54 Å². The molecule has 1 saturated heterocycles. The fraction of sp³-hybridized carbons (Fsp3) is 1.00. The summed E-state index contributed by atoms with van der Waals surface area (Å²) in [6.07, 6.45) is 15.9. The predicted octanol–water partition coefficient (Wildman–Crippen LogP) is 5.25. The molecule has 0 amide bonds. The Morgan fingerprint density at radius 3 is 1.94 bits per heavy atom. The Labute approximate surface area is 115 Å². The highest BCUT2D eigenvalue weighted by Crippen LogP contribution is 2.21. The van der Waals surface area contributed by atoms with Crippen molar-refractivity contribution in [3.8, 4) is 0 Å². The van der Waals surface area contributed by atoms with Crippen LogP contribution in [0.15, 0.2) is 0 Å². The van der Waals surface area contributed by atoms with Crippen LogP contribution >= 0.6 is 0 Å². The standard InChI is InChI=1S/C17H35N/c1-3-5-7-9-13-17(12-8-6-4-2)16-18-14-10-11-15-18/h17H,3-16H2,1-2H3. The molecule has 1 rings (SSSR count). The van der Waals surface area contributed by atoms with E-state index in [2.05, 4.69) is 18.7 Å². The molecule has 1 nitrogen and oxygen atoms in total. The fourth-order valence-electron chi connectivity index (χ4n) is 3.20. The highest BCUT2D eigenvalue weighted by Gasteiger charge is 2.16. The van der Waals surface area contributed by atoms with Crippen molar-refractivity contribution in [2.45, 2.75) is 84.5 Å². The molecule has 0 aliphatic carbocycles. The summed E-state index contributed by atoms with van der Waals surface area (Å²) in [4.78, 5) is 2.72. The molecule has 0 bridgehead atoms. The first-order chi connectivity index (χ1) is 8.86. The fourth-order valence-corrected chi connectivity index (χ4v) is 3.20. The van der Waals surface area contributed by atoms with E-state index in [9.17, 15) is 0 Å². The van der Waals surface area contributed by atoms with Gasteiger partial charge in [-0.15, -0.1) is 0 Å². The molecule has 0 saturated carbocycles. The van der Waals surface area contributed by atoms with Gasteiger partial charge in [-0.2, -0.15) is 0 Å². The lowest BCUT2D eigenvalue weighted by Crippen LogP contribution is -2.26. The molecule has 1 heterocycles. The summed E-state index contributed by atoms with van der Waals surface area (Å²) in [5.74, 6) is 0.992. The summed E-state index contributed by atoms with van der Waals surface area (Å²) in [5, 5.41) is 0. The van der Waals surface area contributed by atoms with E-state index in [4.69, 9.17) is 0 Å². The number of likely N-dealkylation sites (tertiary alicyclic amines) is 1. The van der Waals surface area contributed by atoms with Gasteiger partial charge in [-0.05, 0) is 44.7 Å². The zero-order valence-corrected chi connectivity index (χ0v) is 12.9. The summed E-state index contributed by atoms with van der Waals surface area (Å²) in [6.45, 7) is 8.77. The first-order valence-electron chi connectivity index (χ1n) is 8.59. The van der Waals surface area contributed by atoms with E-state index in [1.54, 1.807) is 0 Å². The van der Waals surface area contributed by atoms with E-state index >= 15 is 0 Å². The maximum absolute atomic E-state index is 2.72. The van der Waals surface area contributed by atoms with Crippen LogP contribution in [-0.2, 0) is 0 Å². The summed E-state index contributed by atoms with van der Waals surface area (Å²) in [7, 11) is 0. The van der Waals surface area contributed by atoms with Crippen LogP contribution in [0.25, 0.3) is 0 Å². The van der Waals surface area contributed by atoms with Crippen molar-refractivity contribution in [1.82, 2.24) is 4.90 Å². The molecule has 0 aromatic carbocycles. The molecule has 108 valence electrons. The smallest absolute Gasteiger partial charge is 0.000966 e. The minimum Gasteiger partial charge on any atom is -0.303 e. The van der Waals surface area contributed by atoms with Crippen LogP contribution in [0.5, 0.6) is 0 Å². The highest BCUT2D eigenvalue weighted by molar-refractivity contribution is 4.71. The van der Waals surface area contributed by atoms with Gasteiger partial charge in [0.15, 0.2) is 0 Å². The second-order valence-electron chi connectivity index (χ2n) is 6.22. The van der Waals surface area contributed by atoms with Gasteiger partial charge in [0.05, 0.1) is 0 Å². The summed E-state index contributed by atoms with van der Waals surface area (Å²) >= 11 is 0. The third kappa shape index (κ3) is 7.41. The van der Waals surface area contributed by atoms with E-state index in [1.165, 1.54) is 90.3 Å². The van der Waals surface area contributed by atoms with Gasteiger partial charge < -0.3 is 4.90 Å². The zero-order valence-electron chi connectivity index (χ0n) is 12.9. The Kier molecular flexibility index (Phi) is 9.65. The quantitative estimate of drug-likeness (QED) is 0.455. The van der Waals surface area contributed by atoms with E-state index in [0.29, 0.717) is 0 Å². The monoisotopic (exact) mass is 253 g/mol. The number of nitrogens with zero attached hydrogens (tertiary/aromatic N) is 1. The highest BCUT2D eigenvalue weighted by atomic mass is 15.1. The first kappa shape index (κ1) is 16.0. The van der Waals surface area contributed by atoms with Gasteiger partial charge in [-0.25, -0.2) is 0 Å². The van der Waals surface area contributed by atoms with Gasteiger partial charge >= 0.3 is 0 Å². The van der Waals surface area contributed by atoms with Gasteiger partial charge in [0.25, 0.3) is 0 Å². The van der Waals surface area contributed by atoms with Crippen molar-refractivity contribution in [2.75, 3.05) is 19.6 Å². The zero-order chi connectivity index (χ0) is 13.1. The van der Waals surface area contributed by atoms with Crippen LogP contribution < -0.4 is 0 Å². The Balaban J connectivity index is 2.17. The molecule has 0 aromatic rings. The molecular formula is C17H35N. The average molecular weight is 253 g/mol. The summed E-state index contributed by atoms with van der Waals surface area (Å²) in [5.41, 5.74) is 0. The normalized spacial score (nSPS) is 18.3. The van der Waals surface area contributed by atoms with Crippen LogP contribution in [0.3, 0.4) is 0 Å². The lowest BCUT2D eigenvalue weighted by molar-refractivity contribution is 0.251. The third-order valence-corrected chi connectivity index (χ3v) is 4.40. The van der Waals surface area contributed by atoms with Crippen LogP contribution in [0.1, 0.15) is 84.5 Å². The maximum Gasteiger partial charge on any atom is 0.000966 e. The lowest BCUT2D eigenvalue weighted by Gasteiger charge is -2.23. The van der Waals surface area contributed by atoms with Crippen LogP contribution in [-0.4, -0.2) is 24.5 Å². The summed E-state index contributed by atoms with van der Waals surface area (Å²) in [6, 6.07) is 0. The van der Waals surface area contributed by atoms with Gasteiger partial charge in [0.2, 0.25) is 0 Å².